The molecule has 0 unspecified atom stereocenters. The maximum absolute atomic E-state index is 11.9. The zero-order chi connectivity index (χ0) is 16.9. The van der Waals surface area contributed by atoms with Crippen LogP contribution in [0.3, 0.4) is 0 Å². The van der Waals surface area contributed by atoms with E-state index in [0.29, 0.717) is 10.6 Å². The molecule has 0 radical (unpaired) electrons. The largest absolute Gasteiger partial charge is 0.468 e. The minimum Gasteiger partial charge on any atom is -0.468 e. The molecule has 1 rings (SSSR count). The highest BCUT2D eigenvalue weighted by atomic mass is 79.9. The molecule has 0 amide bonds. The van der Waals surface area contributed by atoms with Crippen LogP contribution in [-0.2, 0) is 19.1 Å². The van der Waals surface area contributed by atoms with Crippen molar-refractivity contribution in [2.45, 2.75) is 10.9 Å². The first kappa shape index (κ1) is 18.4. The number of halogens is 2. The molecular formula is C13H13BrClNO6. The summed E-state index contributed by atoms with van der Waals surface area (Å²) in [5.41, 5.74) is 0.378. The molecule has 0 bridgehead atoms. The lowest BCUT2D eigenvalue weighted by atomic mass is 9.85. The second-order valence-electron chi connectivity index (χ2n) is 4.26. The number of carbonyl (C=O) groups is 2. The van der Waals surface area contributed by atoms with Crippen LogP contribution in [0.25, 0.3) is 0 Å². The average Bonchev–Trinajstić information content (AvgIpc) is 2.51. The van der Waals surface area contributed by atoms with Crippen molar-refractivity contribution in [2.75, 3.05) is 14.2 Å². The lowest BCUT2D eigenvalue weighted by molar-refractivity contribution is -0.497. The Kier molecular flexibility index (Phi) is 6.76. The second-order valence-corrected chi connectivity index (χ2v) is 5.63. The number of methoxy groups -OCH3 is 2. The number of rotatable bonds is 6. The molecular weight excluding hydrogens is 382 g/mol. The van der Waals surface area contributed by atoms with E-state index in [2.05, 4.69) is 25.4 Å². The summed E-state index contributed by atoms with van der Waals surface area (Å²) in [4.78, 5) is 33.0. The van der Waals surface area contributed by atoms with E-state index in [1.807, 2.05) is 0 Å². The second kappa shape index (κ2) is 8.09. The van der Waals surface area contributed by atoms with Gasteiger partial charge in [-0.25, -0.2) is 0 Å². The molecule has 0 saturated heterocycles. The Morgan fingerprint density at radius 3 is 2.00 bits per heavy atom. The molecule has 120 valence electrons. The SMILES string of the molecule is COC(=O)C(C(=O)OC)[C@@H](c1ccc(Cl)cc1)[C@H](Br)[N+](=O)[O-]. The minimum absolute atomic E-state index is 0.378. The third-order valence-electron chi connectivity index (χ3n) is 3.02. The molecule has 1 aromatic rings. The van der Waals surface area contributed by atoms with Crippen molar-refractivity contribution in [1.29, 1.82) is 0 Å². The van der Waals surface area contributed by atoms with Crippen LogP contribution in [0.5, 0.6) is 0 Å². The van der Waals surface area contributed by atoms with Gasteiger partial charge in [0.1, 0.15) is 0 Å². The fraction of sp³-hybridized carbons (Fsp3) is 0.385. The highest BCUT2D eigenvalue weighted by Gasteiger charge is 2.46. The topological polar surface area (TPSA) is 95.7 Å². The molecule has 0 aliphatic rings. The van der Waals surface area contributed by atoms with Crippen LogP contribution in [-0.4, -0.2) is 36.0 Å². The molecule has 0 aromatic heterocycles. The van der Waals surface area contributed by atoms with Gasteiger partial charge in [0.25, 0.3) is 4.95 Å². The van der Waals surface area contributed by atoms with Crippen molar-refractivity contribution >= 4 is 39.5 Å². The quantitative estimate of drug-likeness (QED) is 0.184. The van der Waals surface area contributed by atoms with Gasteiger partial charge in [0.2, 0.25) is 0 Å². The van der Waals surface area contributed by atoms with Crippen LogP contribution in [0.2, 0.25) is 5.02 Å². The summed E-state index contributed by atoms with van der Waals surface area (Å²) < 4.78 is 9.16. The Balaban J connectivity index is 3.39. The Hall–Kier alpha value is -1.67. The number of alkyl halides is 1. The molecule has 0 heterocycles. The van der Waals surface area contributed by atoms with Crippen LogP contribution in [0.4, 0.5) is 0 Å². The summed E-state index contributed by atoms with van der Waals surface area (Å²) in [7, 11) is 2.18. The standard InChI is InChI=1S/C13H13BrClNO6/c1-21-12(17)10(13(18)22-2)9(11(14)16(19)20)7-3-5-8(15)6-4-7/h3-6,9-11H,1-2H3/t9-,11-/m1/s1. The van der Waals surface area contributed by atoms with Gasteiger partial charge in [0.05, 0.1) is 20.1 Å². The summed E-state index contributed by atoms with van der Waals surface area (Å²) in [5.74, 6) is -4.44. The number of hydrogen-bond donors (Lipinski definition) is 0. The molecule has 0 fully saturated rings. The van der Waals surface area contributed by atoms with Crippen molar-refractivity contribution in [1.82, 2.24) is 0 Å². The third kappa shape index (κ3) is 4.17. The molecule has 0 N–H and O–H groups in total. The Bertz CT molecular complexity index is 548. The van der Waals surface area contributed by atoms with Gasteiger partial charge >= 0.3 is 11.9 Å². The van der Waals surface area contributed by atoms with Crippen LogP contribution < -0.4 is 0 Å². The highest BCUT2D eigenvalue weighted by molar-refractivity contribution is 9.09. The number of esters is 2. The monoisotopic (exact) mass is 393 g/mol. The molecule has 9 heteroatoms. The first-order chi connectivity index (χ1) is 10.3. The zero-order valence-corrected chi connectivity index (χ0v) is 14.0. The molecule has 0 aliphatic heterocycles. The Labute approximate surface area is 139 Å². The molecule has 2 atom stereocenters. The van der Waals surface area contributed by atoms with Gasteiger partial charge in [-0.2, -0.15) is 0 Å². The van der Waals surface area contributed by atoms with Gasteiger partial charge < -0.3 is 9.47 Å². The van der Waals surface area contributed by atoms with Crippen molar-refractivity contribution in [3.05, 3.63) is 45.0 Å². The maximum atomic E-state index is 11.9. The molecule has 22 heavy (non-hydrogen) atoms. The summed E-state index contributed by atoms with van der Waals surface area (Å²) in [5, 5.41) is 11.6. The van der Waals surface area contributed by atoms with Crippen LogP contribution >= 0.6 is 27.5 Å². The Morgan fingerprint density at radius 2 is 1.64 bits per heavy atom. The first-order valence-electron chi connectivity index (χ1n) is 6.02. The molecule has 0 saturated carbocycles. The molecule has 1 aromatic carbocycles. The van der Waals surface area contributed by atoms with Crippen molar-refractivity contribution in [3.63, 3.8) is 0 Å². The average molecular weight is 395 g/mol. The van der Waals surface area contributed by atoms with E-state index in [4.69, 9.17) is 11.6 Å². The van der Waals surface area contributed by atoms with E-state index in [9.17, 15) is 19.7 Å². The van der Waals surface area contributed by atoms with E-state index < -0.39 is 33.6 Å². The van der Waals surface area contributed by atoms with Crippen LogP contribution in [0, 0.1) is 16.0 Å². The number of ether oxygens (including phenoxy) is 2. The van der Waals surface area contributed by atoms with E-state index in [1.165, 1.54) is 24.3 Å². The lowest BCUT2D eigenvalue weighted by Gasteiger charge is -2.23. The summed E-state index contributed by atoms with van der Waals surface area (Å²) in [6.07, 6.45) is 0. The fourth-order valence-corrected chi connectivity index (χ4v) is 2.71. The lowest BCUT2D eigenvalue weighted by Crippen LogP contribution is -2.38. The minimum atomic E-state index is -1.48. The number of nitro groups is 1. The fourth-order valence-electron chi connectivity index (χ4n) is 1.97. The first-order valence-corrected chi connectivity index (χ1v) is 7.31. The van der Waals surface area contributed by atoms with Crippen molar-refractivity contribution < 1.29 is 24.0 Å². The van der Waals surface area contributed by atoms with E-state index in [1.54, 1.807) is 0 Å². The van der Waals surface area contributed by atoms with Gasteiger partial charge in [-0.15, -0.1) is 0 Å². The normalized spacial score (nSPS) is 13.3. The van der Waals surface area contributed by atoms with Gasteiger partial charge in [0.15, 0.2) is 5.92 Å². The molecule has 0 aliphatic carbocycles. The predicted molar refractivity (Wildman–Crippen MR) is 81.4 cm³/mol. The Morgan fingerprint density at radius 1 is 1.18 bits per heavy atom. The van der Waals surface area contributed by atoms with E-state index in [0.717, 1.165) is 14.2 Å². The molecule has 7 nitrogen and oxygen atoms in total. The van der Waals surface area contributed by atoms with Gasteiger partial charge in [-0.05, 0) is 33.6 Å². The van der Waals surface area contributed by atoms with Crippen LogP contribution in [0.1, 0.15) is 11.5 Å². The van der Waals surface area contributed by atoms with Gasteiger partial charge in [0, 0.05) is 9.95 Å². The van der Waals surface area contributed by atoms with Crippen molar-refractivity contribution in [2.24, 2.45) is 5.92 Å². The smallest absolute Gasteiger partial charge is 0.321 e. The van der Waals surface area contributed by atoms with Crippen molar-refractivity contribution in [3.8, 4) is 0 Å². The number of nitrogens with zero attached hydrogens (tertiary/aromatic N) is 1. The summed E-state index contributed by atoms with van der Waals surface area (Å²) in [6, 6.07) is 6.03. The van der Waals surface area contributed by atoms with Gasteiger partial charge in [-0.3, -0.25) is 19.7 Å². The van der Waals surface area contributed by atoms with Gasteiger partial charge in [-0.1, -0.05) is 23.7 Å². The summed E-state index contributed by atoms with van der Waals surface area (Å²) in [6.45, 7) is 0. The van der Waals surface area contributed by atoms with E-state index in [-0.39, 0.29) is 0 Å². The molecule has 0 spiro atoms. The third-order valence-corrected chi connectivity index (χ3v) is 4.18. The highest BCUT2D eigenvalue weighted by Crippen LogP contribution is 2.35. The number of benzene rings is 1. The zero-order valence-electron chi connectivity index (χ0n) is 11.7. The van der Waals surface area contributed by atoms with Crippen LogP contribution in [0.15, 0.2) is 24.3 Å². The predicted octanol–water partition coefficient (Wildman–Crippen LogP) is 2.38. The van der Waals surface area contributed by atoms with E-state index >= 15 is 0 Å². The number of carbonyl (C=O) groups excluding carboxylic acids is 2. The number of hydrogen-bond acceptors (Lipinski definition) is 6. The summed E-state index contributed by atoms with van der Waals surface area (Å²) >= 11 is 8.70. The maximum Gasteiger partial charge on any atom is 0.321 e.